The molecule has 0 unspecified atom stereocenters. The zero-order valence-electron chi connectivity index (χ0n) is 16.9. The Morgan fingerprint density at radius 3 is 2.13 bits per heavy atom. The van der Waals surface area contributed by atoms with Crippen LogP contribution in [0, 0.1) is 13.2 Å². The van der Waals surface area contributed by atoms with E-state index in [-0.39, 0.29) is 0 Å². The first-order valence-corrected chi connectivity index (χ1v) is 13.7. The molecule has 9 heteroatoms. The van der Waals surface area contributed by atoms with Crippen LogP contribution in [0.15, 0.2) is 47.5 Å². The molecule has 30 heavy (non-hydrogen) atoms. The number of hydrogen-bond donors (Lipinski definition) is 0. The monoisotopic (exact) mass is 570 g/mol. The van der Waals surface area contributed by atoms with Gasteiger partial charge in [0.2, 0.25) is 0 Å². The van der Waals surface area contributed by atoms with Gasteiger partial charge < -0.3 is 13.3 Å². The Kier molecular flexibility index (Phi) is 14.8. The summed E-state index contributed by atoms with van der Waals surface area (Å²) >= 11 is 11.3. The number of methoxy groups -OCH3 is 1. The van der Waals surface area contributed by atoms with Crippen molar-refractivity contribution in [2.45, 2.75) is 0 Å². The van der Waals surface area contributed by atoms with E-state index >= 15 is 0 Å². The molecule has 0 N–H and O–H groups in total. The maximum absolute atomic E-state index is 5.96. The Labute approximate surface area is 208 Å². The molecule has 3 rings (SSSR count). The third-order valence-corrected chi connectivity index (χ3v) is 5.65. The molecule has 0 atom stereocenters. The Balaban J connectivity index is 0.000000342. The van der Waals surface area contributed by atoms with Crippen LogP contribution in [0.4, 0.5) is 5.69 Å². The average molecular weight is 571 g/mol. The molecule has 0 saturated carbocycles. The SMILES string of the molecule is CSN1[CH-]N(SC)CC1.[CH-]=Cc1ccc(Cl)cc1C=Nc1ccc(OC)cc1.[Cl][Ru+2]. The fraction of sp³-hybridized carbons (Fsp3) is 0.238. The summed E-state index contributed by atoms with van der Waals surface area (Å²) in [6.07, 6.45) is 7.47. The van der Waals surface area contributed by atoms with Crippen molar-refractivity contribution in [3.63, 3.8) is 0 Å². The van der Waals surface area contributed by atoms with Gasteiger partial charge in [-0.2, -0.15) is 12.2 Å². The van der Waals surface area contributed by atoms with E-state index in [0.29, 0.717) is 5.02 Å². The number of nitrogens with zero attached hydrogens (tertiary/aromatic N) is 3. The molecule has 163 valence electrons. The summed E-state index contributed by atoms with van der Waals surface area (Å²) in [6.45, 7) is 10.0. The number of ether oxygens (including phenoxy) is 1. The van der Waals surface area contributed by atoms with Crippen molar-refractivity contribution in [3.8, 4) is 5.75 Å². The van der Waals surface area contributed by atoms with E-state index in [1.807, 2.05) is 53.7 Å². The number of hydrogen-bond acceptors (Lipinski definition) is 6. The third-order valence-electron chi connectivity index (χ3n) is 3.92. The Hall–Kier alpha value is -0.527. The van der Waals surface area contributed by atoms with Crippen LogP contribution in [0.2, 0.25) is 5.02 Å². The second kappa shape index (κ2) is 16.2. The summed E-state index contributed by atoms with van der Waals surface area (Å²) in [5.74, 6) is 0.803. The van der Waals surface area contributed by atoms with E-state index in [9.17, 15) is 0 Å². The maximum atomic E-state index is 5.96. The van der Waals surface area contributed by atoms with Crippen molar-refractivity contribution < 1.29 is 22.0 Å². The van der Waals surface area contributed by atoms with Crippen molar-refractivity contribution in [2.75, 3.05) is 32.7 Å². The van der Waals surface area contributed by atoms with E-state index in [1.54, 1.807) is 43.3 Å². The molecule has 1 aliphatic heterocycles. The van der Waals surface area contributed by atoms with E-state index in [0.717, 1.165) is 35.7 Å². The van der Waals surface area contributed by atoms with Gasteiger partial charge in [0.15, 0.2) is 0 Å². The summed E-state index contributed by atoms with van der Waals surface area (Å²) in [4.78, 5) is 4.39. The number of aliphatic imine (C=N–C) groups is 1. The first kappa shape index (κ1) is 27.5. The molecule has 1 saturated heterocycles. The van der Waals surface area contributed by atoms with Gasteiger partial charge in [0, 0.05) is 11.2 Å². The number of benzene rings is 2. The van der Waals surface area contributed by atoms with Gasteiger partial charge in [-0.1, -0.05) is 29.3 Å². The molecule has 0 amide bonds. The summed E-state index contributed by atoms with van der Waals surface area (Å²) in [5.41, 5.74) is 2.61. The Bertz CT molecular complexity index is 784. The summed E-state index contributed by atoms with van der Waals surface area (Å²) in [7, 11) is 6.20. The second-order valence-electron chi connectivity index (χ2n) is 5.66. The molecule has 4 nitrogen and oxygen atoms in total. The van der Waals surface area contributed by atoms with Crippen LogP contribution < -0.4 is 4.74 Å². The molecule has 1 aliphatic rings. The van der Waals surface area contributed by atoms with E-state index in [1.165, 1.54) is 6.08 Å². The van der Waals surface area contributed by atoms with Crippen LogP contribution in [-0.2, 0) is 17.3 Å². The fourth-order valence-electron chi connectivity index (χ4n) is 2.35. The molecular weight excluding hydrogens is 546 g/mol. The van der Waals surface area contributed by atoms with E-state index in [2.05, 4.69) is 42.5 Å². The molecule has 0 radical (unpaired) electrons. The molecule has 0 aliphatic carbocycles. The molecule has 0 spiro atoms. The molecule has 2 aromatic carbocycles. The molecule has 1 heterocycles. The van der Waals surface area contributed by atoms with Gasteiger partial charge in [-0.3, -0.25) is 11.6 Å². The van der Waals surface area contributed by atoms with Gasteiger partial charge in [0.05, 0.1) is 12.8 Å². The molecule has 2 aromatic rings. The summed E-state index contributed by atoms with van der Waals surface area (Å²) < 4.78 is 9.56. The first-order valence-electron chi connectivity index (χ1n) is 8.72. The fourth-order valence-corrected chi connectivity index (χ4v) is 3.54. The topological polar surface area (TPSA) is 28.1 Å². The van der Waals surface area contributed by atoms with Crippen molar-refractivity contribution in [1.82, 2.24) is 8.61 Å². The molecule has 0 bridgehead atoms. The van der Waals surface area contributed by atoms with Gasteiger partial charge in [-0.05, 0) is 49.9 Å². The standard InChI is InChI=1S/C16H13ClNO.C5H11N2S2.ClH.Ru/c1-3-12-4-5-14(17)10-13(12)11-18-15-6-8-16(19-2)9-7-15;1-8-6-3-4-7(5-6)9-2;;/h1,3-11H,2H3;5H,3-4H2,1-2H3;1H;/q2*-1;;+3/p-1. The predicted octanol–water partition coefficient (Wildman–Crippen LogP) is 6.51. The second-order valence-corrected chi connectivity index (χ2v) is 7.76. The first-order chi connectivity index (χ1) is 14.6. The summed E-state index contributed by atoms with van der Waals surface area (Å²) in [6, 6.07) is 13.0. The van der Waals surface area contributed by atoms with Gasteiger partial charge >= 0.3 is 27.0 Å². The van der Waals surface area contributed by atoms with Gasteiger partial charge in [0.25, 0.3) is 0 Å². The molecule has 0 aromatic heterocycles. The van der Waals surface area contributed by atoms with E-state index < -0.39 is 0 Å². The van der Waals surface area contributed by atoms with Crippen molar-refractivity contribution >= 4 is 63.2 Å². The number of halogens is 2. The predicted molar refractivity (Wildman–Crippen MR) is 131 cm³/mol. The van der Waals surface area contributed by atoms with Crippen molar-refractivity contribution in [1.29, 1.82) is 0 Å². The minimum absolute atomic E-state index is 0.654. The quantitative estimate of drug-likeness (QED) is 0.171. The van der Waals surface area contributed by atoms with Gasteiger partial charge in [0.1, 0.15) is 5.75 Å². The van der Waals surface area contributed by atoms with Crippen LogP contribution >= 0.6 is 45.2 Å². The zero-order valence-corrected chi connectivity index (χ0v) is 21.8. The van der Waals surface area contributed by atoms with Crippen LogP contribution in [0.25, 0.3) is 6.08 Å². The van der Waals surface area contributed by atoms with Crippen LogP contribution in [0.1, 0.15) is 11.1 Å². The van der Waals surface area contributed by atoms with Crippen LogP contribution in [0.5, 0.6) is 5.75 Å². The van der Waals surface area contributed by atoms with Gasteiger partial charge in [-0.25, -0.2) is 6.08 Å². The Morgan fingerprint density at radius 1 is 1.07 bits per heavy atom. The minimum atomic E-state index is 0.654. The molecular formula is C21H24Cl2N3ORuS2. The normalized spacial score (nSPS) is 13.9. The van der Waals surface area contributed by atoms with Crippen LogP contribution in [-0.4, -0.2) is 47.5 Å². The molecule has 1 fully saturated rings. The van der Waals surface area contributed by atoms with Gasteiger partial charge in [-0.15, -0.1) is 30.0 Å². The van der Waals surface area contributed by atoms with E-state index in [4.69, 9.17) is 22.9 Å². The average Bonchev–Trinajstić information content (AvgIpc) is 3.28. The summed E-state index contributed by atoms with van der Waals surface area (Å²) in [5, 5.41) is 0.654. The van der Waals surface area contributed by atoms with Crippen LogP contribution in [0.3, 0.4) is 0 Å². The number of rotatable bonds is 6. The Morgan fingerprint density at radius 2 is 1.67 bits per heavy atom. The van der Waals surface area contributed by atoms with Crippen molar-refractivity contribution in [2.24, 2.45) is 4.99 Å². The van der Waals surface area contributed by atoms with Crippen molar-refractivity contribution in [3.05, 3.63) is 71.9 Å². The third kappa shape index (κ3) is 9.73. The zero-order chi connectivity index (χ0) is 22.4.